The van der Waals surface area contributed by atoms with Crippen molar-refractivity contribution in [1.29, 1.82) is 0 Å². The fourth-order valence-electron chi connectivity index (χ4n) is 3.55. The molecule has 1 saturated heterocycles. The predicted octanol–water partition coefficient (Wildman–Crippen LogP) is 3.77. The molecule has 1 amide bonds. The van der Waals surface area contributed by atoms with Gasteiger partial charge in [-0.25, -0.2) is 14.1 Å². The zero-order valence-electron chi connectivity index (χ0n) is 14.3. The first-order valence-electron chi connectivity index (χ1n) is 8.74. The summed E-state index contributed by atoms with van der Waals surface area (Å²) in [6, 6.07) is 13.8. The van der Waals surface area contributed by atoms with E-state index < -0.39 is 0 Å². The number of aromatic nitrogens is 3. The summed E-state index contributed by atoms with van der Waals surface area (Å²) < 4.78 is 14.9. The number of benzene rings is 2. The summed E-state index contributed by atoms with van der Waals surface area (Å²) in [5, 5.41) is 4.15. The SMILES string of the molecule is O=C(c1ccccc1-n1cncn1)N1CCCC[C@@H]1c1ccc(F)cc1. The van der Waals surface area contributed by atoms with E-state index in [1.807, 2.05) is 29.2 Å². The van der Waals surface area contributed by atoms with Crippen molar-refractivity contribution in [3.05, 3.63) is 78.1 Å². The zero-order valence-corrected chi connectivity index (χ0v) is 14.3. The Labute approximate surface area is 151 Å². The minimum absolute atomic E-state index is 0.0369. The van der Waals surface area contributed by atoms with Gasteiger partial charge in [0.15, 0.2) is 0 Å². The molecule has 1 aromatic heterocycles. The van der Waals surface area contributed by atoms with Crippen molar-refractivity contribution in [1.82, 2.24) is 19.7 Å². The Hall–Kier alpha value is -3.02. The van der Waals surface area contributed by atoms with Crippen LogP contribution < -0.4 is 0 Å². The van der Waals surface area contributed by atoms with Gasteiger partial charge < -0.3 is 4.90 Å². The molecular weight excluding hydrogens is 331 g/mol. The Morgan fingerprint density at radius 3 is 2.65 bits per heavy atom. The van der Waals surface area contributed by atoms with Crippen LogP contribution in [0.1, 0.15) is 41.2 Å². The summed E-state index contributed by atoms with van der Waals surface area (Å²) >= 11 is 0. The molecule has 0 aliphatic carbocycles. The average Bonchev–Trinajstić information content (AvgIpc) is 3.23. The molecule has 2 aromatic carbocycles. The second kappa shape index (κ2) is 7.07. The predicted molar refractivity (Wildman–Crippen MR) is 95.4 cm³/mol. The smallest absolute Gasteiger partial charge is 0.256 e. The molecule has 0 saturated carbocycles. The number of carbonyl (C=O) groups is 1. The van der Waals surface area contributed by atoms with Crippen LogP contribution in [0.15, 0.2) is 61.2 Å². The van der Waals surface area contributed by atoms with Gasteiger partial charge in [0.05, 0.1) is 17.3 Å². The molecule has 2 heterocycles. The molecule has 3 aromatic rings. The molecule has 0 spiro atoms. The first-order valence-corrected chi connectivity index (χ1v) is 8.74. The van der Waals surface area contributed by atoms with E-state index in [0.29, 0.717) is 17.8 Å². The maximum absolute atomic E-state index is 13.4. The molecule has 1 aliphatic heterocycles. The third-order valence-corrected chi connectivity index (χ3v) is 4.82. The van der Waals surface area contributed by atoms with E-state index in [1.165, 1.54) is 18.5 Å². The Morgan fingerprint density at radius 2 is 1.88 bits per heavy atom. The Kier molecular flexibility index (Phi) is 4.48. The van der Waals surface area contributed by atoms with Crippen LogP contribution >= 0.6 is 0 Å². The minimum Gasteiger partial charge on any atom is -0.332 e. The Bertz CT molecular complexity index is 892. The lowest BCUT2D eigenvalue weighted by molar-refractivity contribution is 0.0611. The largest absolute Gasteiger partial charge is 0.332 e. The fraction of sp³-hybridized carbons (Fsp3) is 0.250. The van der Waals surface area contributed by atoms with Crippen LogP contribution in [0, 0.1) is 5.82 Å². The van der Waals surface area contributed by atoms with Crippen LogP contribution in [-0.4, -0.2) is 32.1 Å². The van der Waals surface area contributed by atoms with E-state index in [0.717, 1.165) is 24.8 Å². The average molecular weight is 350 g/mol. The molecule has 5 nitrogen and oxygen atoms in total. The van der Waals surface area contributed by atoms with Crippen molar-refractivity contribution in [3.63, 3.8) is 0 Å². The third-order valence-electron chi connectivity index (χ3n) is 4.82. The van der Waals surface area contributed by atoms with Gasteiger partial charge in [-0.2, -0.15) is 5.10 Å². The lowest BCUT2D eigenvalue weighted by Gasteiger charge is -2.36. The summed E-state index contributed by atoms with van der Waals surface area (Å²) in [5.74, 6) is -0.302. The number of nitrogens with zero attached hydrogens (tertiary/aromatic N) is 4. The highest BCUT2D eigenvalue weighted by atomic mass is 19.1. The van der Waals surface area contributed by atoms with Crippen LogP contribution in [-0.2, 0) is 0 Å². The number of carbonyl (C=O) groups excluding carboxylic acids is 1. The number of amides is 1. The van der Waals surface area contributed by atoms with Gasteiger partial charge in [-0.15, -0.1) is 0 Å². The van der Waals surface area contributed by atoms with E-state index in [2.05, 4.69) is 10.1 Å². The highest BCUT2D eigenvalue weighted by molar-refractivity contribution is 5.98. The first kappa shape index (κ1) is 16.4. The molecule has 1 aliphatic rings. The Morgan fingerprint density at radius 1 is 1.08 bits per heavy atom. The van der Waals surface area contributed by atoms with Gasteiger partial charge >= 0.3 is 0 Å². The maximum Gasteiger partial charge on any atom is 0.256 e. The van der Waals surface area contributed by atoms with Crippen LogP contribution in [0.25, 0.3) is 5.69 Å². The minimum atomic E-state index is -0.265. The second-order valence-corrected chi connectivity index (χ2v) is 6.42. The van der Waals surface area contributed by atoms with Gasteiger partial charge in [-0.3, -0.25) is 4.79 Å². The zero-order chi connectivity index (χ0) is 17.9. The quantitative estimate of drug-likeness (QED) is 0.722. The number of halogens is 1. The number of hydrogen-bond acceptors (Lipinski definition) is 3. The van der Waals surface area contributed by atoms with Gasteiger partial charge in [-0.1, -0.05) is 24.3 Å². The molecular formula is C20H19FN4O. The summed E-state index contributed by atoms with van der Waals surface area (Å²) in [6.07, 6.45) is 5.93. The van der Waals surface area contributed by atoms with E-state index in [1.54, 1.807) is 23.1 Å². The maximum atomic E-state index is 13.4. The molecule has 132 valence electrons. The van der Waals surface area contributed by atoms with Crippen molar-refractivity contribution in [2.24, 2.45) is 0 Å². The van der Waals surface area contributed by atoms with E-state index in [9.17, 15) is 9.18 Å². The van der Waals surface area contributed by atoms with E-state index in [4.69, 9.17) is 0 Å². The monoisotopic (exact) mass is 350 g/mol. The highest BCUT2D eigenvalue weighted by Crippen LogP contribution is 2.33. The molecule has 0 radical (unpaired) electrons. The molecule has 1 fully saturated rings. The lowest BCUT2D eigenvalue weighted by Crippen LogP contribution is -2.39. The molecule has 0 bridgehead atoms. The number of rotatable bonds is 3. The van der Waals surface area contributed by atoms with Gasteiger partial charge in [0.25, 0.3) is 5.91 Å². The van der Waals surface area contributed by atoms with Crippen molar-refractivity contribution in [3.8, 4) is 5.69 Å². The molecule has 4 rings (SSSR count). The summed E-state index contributed by atoms with van der Waals surface area (Å²) in [4.78, 5) is 19.2. The molecule has 1 atom stereocenters. The standard InChI is InChI=1S/C20H19FN4O/c21-16-10-8-15(9-11-16)18-6-3-4-12-24(18)20(26)17-5-1-2-7-19(17)25-14-22-13-23-25/h1-2,5,7-11,13-14,18H,3-4,6,12H2/t18-/m1/s1. The fourth-order valence-corrected chi connectivity index (χ4v) is 3.55. The van der Waals surface area contributed by atoms with Gasteiger partial charge in [0.2, 0.25) is 0 Å². The van der Waals surface area contributed by atoms with Crippen LogP contribution in [0.3, 0.4) is 0 Å². The third kappa shape index (κ3) is 3.10. The van der Waals surface area contributed by atoms with Crippen molar-refractivity contribution in [2.45, 2.75) is 25.3 Å². The first-order chi connectivity index (χ1) is 12.7. The van der Waals surface area contributed by atoms with Gasteiger partial charge in [0, 0.05) is 6.54 Å². The number of likely N-dealkylation sites (tertiary alicyclic amines) is 1. The number of hydrogen-bond donors (Lipinski definition) is 0. The Balaban J connectivity index is 1.69. The number of para-hydroxylation sites is 1. The topological polar surface area (TPSA) is 51.0 Å². The molecule has 6 heteroatoms. The normalized spacial score (nSPS) is 17.3. The van der Waals surface area contributed by atoms with Gasteiger partial charge in [0.1, 0.15) is 18.5 Å². The van der Waals surface area contributed by atoms with E-state index >= 15 is 0 Å². The summed E-state index contributed by atoms with van der Waals surface area (Å²) in [7, 11) is 0. The van der Waals surface area contributed by atoms with Crippen molar-refractivity contribution < 1.29 is 9.18 Å². The second-order valence-electron chi connectivity index (χ2n) is 6.42. The van der Waals surface area contributed by atoms with E-state index in [-0.39, 0.29) is 17.8 Å². The van der Waals surface area contributed by atoms with Crippen molar-refractivity contribution >= 4 is 5.91 Å². The lowest BCUT2D eigenvalue weighted by atomic mass is 9.94. The number of piperidine rings is 1. The molecule has 26 heavy (non-hydrogen) atoms. The molecule has 0 N–H and O–H groups in total. The van der Waals surface area contributed by atoms with Gasteiger partial charge in [-0.05, 0) is 49.1 Å². The highest BCUT2D eigenvalue weighted by Gasteiger charge is 2.30. The van der Waals surface area contributed by atoms with Crippen LogP contribution in [0.2, 0.25) is 0 Å². The van der Waals surface area contributed by atoms with Crippen LogP contribution in [0.5, 0.6) is 0 Å². The molecule has 0 unspecified atom stereocenters. The summed E-state index contributed by atoms with van der Waals surface area (Å²) in [6.45, 7) is 0.687. The van der Waals surface area contributed by atoms with Crippen molar-refractivity contribution in [2.75, 3.05) is 6.54 Å². The van der Waals surface area contributed by atoms with Crippen LogP contribution in [0.4, 0.5) is 4.39 Å². The summed E-state index contributed by atoms with van der Waals surface area (Å²) in [5.41, 5.74) is 2.27.